The predicted molar refractivity (Wildman–Crippen MR) is 65.8 cm³/mol. The first kappa shape index (κ1) is 11.9. The number of aromatic hydroxyl groups is 1. The van der Waals surface area contributed by atoms with Gasteiger partial charge in [0.05, 0.1) is 0 Å². The Hall–Kier alpha value is -1.18. The lowest BCUT2D eigenvalue weighted by Crippen LogP contribution is -2.15. The van der Waals surface area contributed by atoms with Crippen molar-refractivity contribution in [2.75, 3.05) is 12.4 Å². The van der Waals surface area contributed by atoms with E-state index < -0.39 is 0 Å². The van der Waals surface area contributed by atoms with Gasteiger partial charge in [-0.15, -0.1) is 0 Å². The molecule has 1 aromatic carbocycles. The second kappa shape index (κ2) is 3.76. The third kappa shape index (κ3) is 2.09. The van der Waals surface area contributed by atoms with Gasteiger partial charge in [0.2, 0.25) is 0 Å². The van der Waals surface area contributed by atoms with E-state index in [-0.39, 0.29) is 5.41 Å². The summed E-state index contributed by atoms with van der Waals surface area (Å²) < 4.78 is 0. The highest BCUT2D eigenvalue weighted by atomic mass is 16.3. The zero-order valence-electron chi connectivity index (χ0n) is 10.5. The third-order valence-electron chi connectivity index (χ3n) is 2.75. The normalized spacial score (nSPS) is 11.6. The quantitative estimate of drug-likeness (QED) is 0.692. The van der Waals surface area contributed by atoms with Crippen LogP contribution in [0.3, 0.4) is 0 Å². The van der Waals surface area contributed by atoms with Crippen molar-refractivity contribution in [3.05, 3.63) is 22.8 Å². The Kier molecular flexibility index (Phi) is 2.98. The maximum Gasteiger partial charge on any atom is 0.119 e. The van der Waals surface area contributed by atoms with Crippen LogP contribution in [0.15, 0.2) is 6.07 Å². The molecule has 2 nitrogen and oxygen atoms in total. The first-order valence-corrected chi connectivity index (χ1v) is 5.30. The van der Waals surface area contributed by atoms with Gasteiger partial charge in [0.1, 0.15) is 5.75 Å². The summed E-state index contributed by atoms with van der Waals surface area (Å²) in [7, 11) is 1.92. The molecule has 0 aliphatic carbocycles. The molecule has 0 amide bonds. The van der Waals surface area contributed by atoms with E-state index in [1.165, 1.54) is 0 Å². The fourth-order valence-electron chi connectivity index (χ4n) is 2.29. The van der Waals surface area contributed by atoms with Gasteiger partial charge in [-0.2, -0.15) is 0 Å². The number of benzene rings is 1. The van der Waals surface area contributed by atoms with Crippen LogP contribution < -0.4 is 5.32 Å². The minimum Gasteiger partial charge on any atom is -0.508 e. The largest absolute Gasteiger partial charge is 0.508 e. The summed E-state index contributed by atoms with van der Waals surface area (Å²) in [5.41, 5.74) is 4.34. The Labute approximate surface area is 92.3 Å². The number of hydrogen-bond acceptors (Lipinski definition) is 2. The van der Waals surface area contributed by atoms with Gasteiger partial charge in [0.15, 0.2) is 0 Å². The van der Waals surface area contributed by atoms with E-state index in [0.29, 0.717) is 5.75 Å². The highest BCUT2D eigenvalue weighted by Gasteiger charge is 2.22. The molecule has 0 saturated heterocycles. The third-order valence-corrected chi connectivity index (χ3v) is 2.75. The van der Waals surface area contributed by atoms with Gasteiger partial charge in [-0.05, 0) is 36.5 Å². The van der Waals surface area contributed by atoms with Crippen LogP contribution in [0.2, 0.25) is 0 Å². The van der Waals surface area contributed by atoms with Gasteiger partial charge in [-0.3, -0.25) is 0 Å². The number of rotatable bonds is 1. The molecule has 0 aromatic heterocycles. The lowest BCUT2D eigenvalue weighted by Gasteiger charge is -2.25. The first-order chi connectivity index (χ1) is 6.79. The van der Waals surface area contributed by atoms with Crippen LogP contribution in [0, 0.1) is 13.8 Å². The molecule has 0 fully saturated rings. The molecule has 0 aliphatic rings. The van der Waals surface area contributed by atoms with E-state index in [9.17, 15) is 5.11 Å². The molecule has 1 aromatic rings. The number of anilines is 1. The average Bonchev–Trinajstić information content (AvgIpc) is 2.00. The van der Waals surface area contributed by atoms with Crippen molar-refractivity contribution in [1.29, 1.82) is 0 Å². The molecule has 0 atom stereocenters. The van der Waals surface area contributed by atoms with Crippen LogP contribution >= 0.6 is 0 Å². The molecule has 0 saturated carbocycles. The van der Waals surface area contributed by atoms with Crippen molar-refractivity contribution in [2.45, 2.75) is 40.0 Å². The average molecular weight is 207 g/mol. The summed E-state index contributed by atoms with van der Waals surface area (Å²) in [6.45, 7) is 10.4. The van der Waals surface area contributed by atoms with Gasteiger partial charge >= 0.3 is 0 Å². The number of hydrogen-bond donors (Lipinski definition) is 2. The zero-order chi connectivity index (χ0) is 11.8. The summed E-state index contributed by atoms with van der Waals surface area (Å²) in [5.74, 6) is 0.400. The van der Waals surface area contributed by atoms with E-state index in [2.05, 4.69) is 33.0 Å². The minimum absolute atomic E-state index is 0.0343. The lowest BCUT2D eigenvalue weighted by molar-refractivity contribution is 0.445. The summed E-state index contributed by atoms with van der Waals surface area (Å²) in [5, 5.41) is 13.2. The number of nitrogens with one attached hydrogen (secondary N) is 1. The number of phenolic OH excluding ortho intramolecular Hbond substituents is 1. The van der Waals surface area contributed by atoms with Crippen LogP contribution in [-0.2, 0) is 5.41 Å². The molecular weight excluding hydrogens is 186 g/mol. The highest BCUT2D eigenvalue weighted by Crippen LogP contribution is 2.38. The zero-order valence-corrected chi connectivity index (χ0v) is 10.5. The Balaban J connectivity index is 3.53. The SMILES string of the molecule is CNc1c(C)cc(O)c(C(C)(C)C)c1C. The molecule has 0 heterocycles. The van der Waals surface area contributed by atoms with Crippen molar-refractivity contribution >= 4 is 5.69 Å². The van der Waals surface area contributed by atoms with Crippen LogP contribution in [-0.4, -0.2) is 12.2 Å². The van der Waals surface area contributed by atoms with Crippen LogP contribution in [0.5, 0.6) is 5.75 Å². The molecule has 2 N–H and O–H groups in total. The lowest BCUT2D eigenvalue weighted by atomic mass is 9.82. The van der Waals surface area contributed by atoms with Crippen LogP contribution in [0.4, 0.5) is 5.69 Å². The molecule has 0 unspecified atom stereocenters. The minimum atomic E-state index is -0.0343. The van der Waals surface area contributed by atoms with E-state index in [1.807, 2.05) is 20.0 Å². The second-order valence-corrected chi connectivity index (χ2v) is 5.09. The summed E-state index contributed by atoms with van der Waals surface area (Å²) in [6, 6.07) is 1.83. The van der Waals surface area contributed by atoms with Crippen molar-refractivity contribution in [2.24, 2.45) is 0 Å². The van der Waals surface area contributed by atoms with Gasteiger partial charge in [-0.25, -0.2) is 0 Å². The molecule has 0 radical (unpaired) electrons. The van der Waals surface area contributed by atoms with Gasteiger partial charge < -0.3 is 10.4 Å². The molecular formula is C13H21NO. The van der Waals surface area contributed by atoms with Gasteiger partial charge in [0, 0.05) is 18.3 Å². The van der Waals surface area contributed by atoms with E-state index in [0.717, 1.165) is 22.4 Å². The predicted octanol–water partition coefficient (Wildman–Crippen LogP) is 3.35. The highest BCUT2D eigenvalue weighted by molar-refractivity contribution is 5.64. The van der Waals surface area contributed by atoms with Crippen molar-refractivity contribution in [1.82, 2.24) is 0 Å². The van der Waals surface area contributed by atoms with Crippen LogP contribution in [0.25, 0.3) is 0 Å². The summed E-state index contributed by atoms with van der Waals surface area (Å²) in [6.07, 6.45) is 0. The Morgan fingerprint density at radius 3 is 2.13 bits per heavy atom. The molecule has 84 valence electrons. The maximum atomic E-state index is 10.00. The summed E-state index contributed by atoms with van der Waals surface area (Å²) in [4.78, 5) is 0. The standard InChI is InChI=1S/C13H21NO/c1-8-7-10(15)11(13(3,4)5)9(2)12(8)14-6/h7,14-15H,1-6H3. The molecule has 0 spiro atoms. The Morgan fingerprint density at radius 1 is 1.20 bits per heavy atom. The number of phenols is 1. The number of aryl methyl sites for hydroxylation is 1. The van der Waals surface area contributed by atoms with E-state index >= 15 is 0 Å². The molecule has 0 bridgehead atoms. The molecule has 2 heteroatoms. The maximum absolute atomic E-state index is 10.00. The molecule has 15 heavy (non-hydrogen) atoms. The monoisotopic (exact) mass is 207 g/mol. The molecule has 1 rings (SSSR count). The Morgan fingerprint density at radius 2 is 1.73 bits per heavy atom. The van der Waals surface area contributed by atoms with Crippen molar-refractivity contribution in [3.63, 3.8) is 0 Å². The molecule has 0 aliphatic heterocycles. The topological polar surface area (TPSA) is 32.3 Å². The van der Waals surface area contributed by atoms with Gasteiger partial charge in [-0.1, -0.05) is 20.8 Å². The van der Waals surface area contributed by atoms with E-state index in [1.54, 1.807) is 0 Å². The van der Waals surface area contributed by atoms with E-state index in [4.69, 9.17) is 0 Å². The fourth-order valence-corrected chi connectivity index (χ4v) is 2.29. The fraction of sp³-hybridized carbons (Fsp3) is 0.538. The van der Waals surface area contributed by atoms with Crippen LogP contribution in [0.1, 0.15) is 37.5 Å². The Bertz CT molecular complexity index is 375. The van der Waals surface area contributed by atoms with Gasteiger partial charge in [0.25, 0.3) is 0 Å². The second-order valence-electron chi connectivity index (χ2n) is 5.09. The van der Waals surface area contributed by atoms with Crippen molar-refractivity contribution in [3.8, 4) is 5.75 Å². The first-order valence-electron chi connectivity index (χ1n) is 5.30. The summed E-state index contributed by atoms with van der Waals surface area (Å²) >= 11 is 0. The smallest absolute Gasteiger partial charge is 0.119 e. The van der Waals surface area contributed by atoms with Crippen molar-refractivity contribution < 1.29 is 5.11 Å².